The fraction of sp³-hybridized carbons (Fsp3) is 0.429. The van der Waals surface area contributed by atoms with E-state index in [-0.39, 0.29) is 0 Å². The molecular formula is C14H16ClNO2. The Bertz CT molecular complexity index is 497. The lowest BCUT2D eigenvalue weighted by Crippen LogP contribution is -2.30. The van der Waals surface area contributed by atoms with E-state index in [9.17, 15) is 9.59 Å². The van der Waals surface area contributed by atoms with Crippen molar-refractivity contribution in [2.24, 2.45) is 5.92 Å². The third-order valence-electron chi connectivity index (χ3n) is 3.10. The highest BCUT2D eigenvalue weighted by molar-refractivity contribution is 6.52. The van der Waals surface area contributed by atoms with Crippen LogP contribution in [-0.4, -0.2) is 18.2 Å². The first-order valence-corrected chi connectivity index (χ1v) is 6.54. The second-order valence-corrected chi connectivity index (χ2v) is 5.42. The van der Waals surface area contributed by atoms with Crippen LogP contribution >= 0.6 is 11.6 Å². The maximum Gasteiger partial charge on any atom is 0.299 e. The van der Waals surface area contributed by atoms with E-state index >= 15 is 0 Å². The summed E-state index contributed by atoms with van der Waals surface area (Å²) in [6, 6.07) is 5.02. The van der Waals surface area contributed by atoms with Gasteiger partial charge in [0.2, 0.25) is 0 Å². The largest absolute Gasteiger partial charge is 0.305 e. The normalized spacial score (nSPS) is 14.6. The number of anilines is 1. The zero-order valence-electron chi connectivity index (χ0n) is 10.6. The first-order valence-electron chi connectivity index (χ1n) is 6.16. The number of carbonyl (C=O) groups excluding carboxylic acids is 2. The Morgan fingerprint density at radius 3 is 2.67 bits per heavy atom. The number of Topliss-reactive ketones (excluding diaryl/α,β-unsaturated/α-hetero) is 1. The third kappa shape index (κ3) is 2.41. The molecule has 0 aromatic heterocycles. The van der Waals surface area contributed by atoms with Gasteiger partial charge in [-0.15, -0.1) is 0 Å². The summed E-state index contributed by atoms with van der Waals surface area (Å²) in [6.45, 7) is 4.88. The minimum Gasteiger partial charge on any atom is -0.305 e. The summed E-state index contributed by atoms with van der Waals surface area (Å²) >= 11 is 5.85. The maximum atomic E-state index is 11.9. The van der Waals surface area contributed by atoms with Gasteiger partial charge in [-0.2, -0.15) is 0 Å². The van der Waals surface area contributed by atoms with Crippen LogP contribution in [0.3, 0.4) is 0 Å². The first kappa shape index (κ1) is 13.1. The van der Waals surface area contributed by atoms with Gasteiger partial charge >= 0.3 is 0 Å². The molecule has 1 heterocycles. The summed E-state index contributed by atoms with van der Waals surface area (Å²) in [5.74, 6) is -0.281. The fourth-order valence-electron chi connectivity index (χ4n) is 2.15. The van der Waals surface area contributed by atoms with Crippen LogP contribution in [0.5, 0.6) is 0 Å². The maximum absolute atomic E-state index is 11.9. The number of hydrogen-bond acceptors (Lipinski definition) is 2. The Morgan fingerprint density at radius 1 is 1.28 bits per heavy atom. The van der Waals surface area contributed by atoms with E-state index < -0.39 is 11.7 Å². The van der Waals surface area contributed by atoms with Gasteiger partial charge < -0.3 is 4.90 Å². The Morgan fingerprint density at radius 2 is 2.00 bits per heavy atom. The molecule has 1 aromatic rings. The number of carbonyl (C=O) groups is 2. The van der Waals surface area contributed by atoms with Crippen LogP contribution in [-0.2, 0) is 4.79 Å². The average molecular weight is 266 g/mol. The molecular weight excluding hydrogens is 250 g/mol. The van der Waals surface area contributed by atoms with Crippen molar-refractivity contribution >= 4 is 29.0 Å². The Kier molecular flexibility index (Phi) is 3.71. The van der Waals surface area contributed by atoms with Gasteiger partial charge in [-0.3, -0.25) is 9.59 Å². The number of halogens is 1. The van der Waals surface area contributed by atoms with E-state index in [0.717, 1.165) is 12.8 Å². The molecule has 0 spiro atoms. The molecule has 0 saturated heterocycles. The molecule has 1 aliphatic rings. The van der Waals surface area contributed by atoms with Crippen molar-refractivity contribution in [2.75, 3.05) is 11.4 Å². The summed E-state index contributed by atoms with van der Waals surface area (Å²) in [4.78, 5) is 25.3. The lowest BCUT2D eigenvalue weighted by Gasteiger charge is -2.16. The predicted octanol–water partition coefficient (Wildman–Crippen LogP) is 3.31. The lowest BCUT2D eigenvalue weighted by atomic mass is 10.1. The Hall–Kier alpha value is -1.35. The molecule has 18 heavy (non-hydrogen) atoms. The van der Waals surface area contributed by atoms with Crippen LogP contribution in [0.25, 0.3) is 0 Å². The summed E-state index contributed by atoms with van der Waals surface area (Å²) in [5, 5.41) is 0.485. The summed E-state index contributed by atoms with van der Waals surface area (Å²) in [6.07, 6.45) is 1.94. The highest BCUT2D eigenvalue weighted by atomic mass is 35.5. The molecule has 2 rings (SSSR count). The molecule has 96 valence electrons. The minimum atomic E-state index is -0.447. The quantitative estimate of drug-likeness (QED) is 0.784. The van der Waals surface area contributed by atoms with E-state index in [2.05, 4.69) is 13.8 Å². The standard InChI is InChI=1S/C14H16ClNO2/c1-9(2)4-3-7-16-12-6-5-10(15)8-11(12)13(17)14(16)18/h5-6,8-9H,3-4,7H2,1-2H3. The number of benzene rings is 1. The van der Waals surface area contributed by atoms with Gasteiger partial charge in [0.15, 0.2) is 0 Å². The molecule has 0 fully saturated rings. The van der Waals surface area contributed by atoms with Crippen LogP contribution < -0.4 is 4.90 Å². The molecule has 0 N–H and O–H groups in total. The van der Waals surface area contributed by atoms with Gasteiger partial charge in [-0.25, -0.2) is 0 Å². The van der Waals surface area contributed by atoms with E-state index in [0.29, 0.717) is 28.7 Å². The lowest BCUT2D eigenvalue weighted by molar-refractivity contribution is -0.114. The smallest absolute Gasteiger partial charge is 0.299 e. The highest BCUT2D eigenvalue weighted by Crippen LogP contribution is 2.31. The van der Waals surface area contributed by atoms with Crippen LogP contribution in [0.4, 0.5) is 5.69 Å². The number of amides is 1. The molecule has 0 saturated carbocycles. The molecule has 0 aliphatic carbocycles. The van der Waals surface area contributed by atoms with Crippen molar-refractivity contribution in [2.45, 2.75) is 26.7 Å². The minimum absolute atomic E-state index is 0.428. The van der Waals surface area contributed by atoms with E-state index in [1.807, 2.05) is 0 Å². The molecule has 3 nitrogen and oxygen atoms in total. The predicted molar refractivity (Wildman–Crippen MR) is 72.2 cm³/mol. The monoisotopic (exact) mass is 265 g/mol. The number of fused-ring (bicyclic) bond motifs is 1. The zero-order chi connectivity index (χ0) is 13.3. The van der Waals surface area contributed by atoms with E-state index in [4.69, 9.17) is 11.6 Å². The van der Waals surface area contributed by atoms with Crippen LogP contribution in [0, 0.1) is 5.92 Å². The highest BCUT2D eigenvalue weighted by Gasteiger charge is 2.35. The van der Waals surface area contributed by atoms with Crippen LogP contribution in [0.1, 0.15) is 37.0 Å². The number of nitrogens with zero attached hydrogens (tertiary/aromatic N) is 1. The fourth-order valence-corrected chi connectivity index (χ4v) is 2.32. The number of ketones is 1. The Balaban J connectivity index is 2.18. The third-order valence-corrected chi connectivity index (χ3v) is 3.33. The van der Waals surface area contributed by atoms with Gasteiger partial charge in [0.1, 0.15) is 0 Å². The Labute approximate surface area is 112 Å². The summed E-state index contributed by atoms with van der Waals surface area (Å²) < 4.78 is 0. The van der Waals surface area contributed by atoms with Gasteiger partial charge in [-0.05, 0) is 37.0 Å². The van der Waals surface area contributed by atoms with Crippen molar-refractivity contribution in [1.29, 1.82) is 0 Å². The van der Waals surface area contributed by atoms with Gasteiger partial charge in [-0.1, -0.05) is 25.4 Å². The van der Waals surface area contributed by atoms with Crippen molar-refractivity contribution in [1.82, 2.24) is 0 Å². The second kappa shape index (κ2) is 5.11. The first-order chi connectivity index (χ1) is 8.50. The molecule has 1 aromatic carbocycles. The van der Waals surface area contributed by atoms with Crippen LogP contribution in [0.2, 0.25) is 5.02 Å². The molecule has 1 aliphatic heterocycles. The van der Waals surface area contributed by atoms with Crippen molar-refractivity contribution < 1.29 is 9.59 Å². The van der Waals surface area contributed by atoms with Gasteiger partial charge in [0.05, 0.1) is 11.3 Å². The number of rotatable bonds is 4. The van der Waals surface area contributed by atoms with Crippen LogP contribution in [0.15, 0.2) is 18.2 Å². The molecule has 0 radical (unpaired) electrons. The van der Waals surface area contributed by atoms with Crippen molar-refractivity contribution in [3.63, 3.8) is 0 Å². The van der Waals surface area contributed by atoms with E-state index in [1.165, 1.54) is 0 Å². The zero-order valence-corrected chi connectivity index (χ0v) is 11.3. The topological polar surface area (TPSA) is 37.4 Å². The molecule has 4 heteroatoms. The van der Waals surface area contributed by atoms with Crippen molar-refractivity contribution in [3.05, 3.63) is 28.8 Å². The van der Waals surface area contributed by atoms with Crippen molar-refractivity contribution in [3.8, 4) is 0 Å². The molecule has 0 unspecified atom stereocenters. The van der Waals surface area contributed by atoms with Gasteiger partial charge in [0.25, 0.3) is 11.7 Å². The summed E-state index contributed by atoms with van der Waals surface area (Å²) in [5.41, 5.74) is 1.12. The number of hydrogen-bond donors (Lipinski definition) is 0. The summed E-state index contributed by atoms with van der Waals surface area (Å²) in [7, 11) is 0. The molecule has 0 bridgehead atoms. The van der Waals surface area contributed by atoms with E-state index in [1.54, 1.807) is 23.1 Å². The van der Waals surface area contributed by atoms with Gasteiger partial charge in [0, 0.05) is 11.6 Å². The SMILES string of the molecule is CC(C)CCCN1C(=O)C(=O)c2cc(Cl)ccc21. The molecule has 1 amide bonds. The second-order valence-electron chi connectivity index (χ2n) is 4.98. The molecule has 0 atom stereocenters. The average Bonchev–Trinajstić information content (AvgIpc) is 2.54.